The summed E-state index contributed by atoms with van der Waals surface area (Å²) in [5.41, 5.74) is 2.52. The van der Waals surface area contributed by atoms with Crippen molar-refractivity contribution in [3.05, 3.63) is 41.0 Å². The monoisotopic (exact) mass is 305 g/mol. The quantitative estimate of drug-likeness (QED) is 0.847. The lowest BCUT2D eigenvalue weighted by atomic mass is 9.96. The summed E-state index contributed by atoms with van der Waals surface area (Å²) in [5.74, 6) is 1.15. The van der Waals surface area contributed by atoms with Crippen molar-refractivity contribution in [2.45, 2.75) is 13.3 Å². The third-order valence-electron chi connectivity index (χ3n) is 3.07. The molecular formula is C16H16ClNO3. The summed E-state index contributed by atoms with van der Waals surface area (Å²) >= 11 is 6.10. The molecule has 0 radical (unpaired) electrons. The van der Waals surface area contributed by atoms with Gasteiger partial charge in [0.05, 0.1) is 20.4 Å². The predicted octanol–water partition coefficient (Wildman–Crippen LogP) is 3.55. The van der Waals surface area contributed by atoms with Gasteiger partial charge in [0.1, 0.15) is 11.5 Å². The Morgan fingerprint density at radius 3 is 2.57 bits per heavy atom. The van der Waals surface area contributed by atoms with Crippen LogP contribution >= 0.6 is 11.6 Å². The minimum Gasteiger partial charge on any atom is -0.494 e. The Bertz CT molecular complexity index is 671. The predicted molar refractivity (Wildman–Crippen MR) is 82.2 cm³/mol. The fraction of sp³-hybridized carbons (Fsp3) is 0.250. The molecule has 0 spiro atoms. The second-order valence-electron chi connectivity index (χ2n) is 4.61. The lowest BCUT2D eigenvalue weighted by Gasteiger charge is -2.13. The number of carbonyl (C=O) groups excluding carboxylic acids is 1. The maximum Gasteiger partial charge on any atom is 0.213 e. The van der Waals surface area contributed by atoms with Crippen LogP contribution < -0.4 is 9.47 Å². The van der Waals surface area contributed by atoms with Gasteiger partial charge in [-0.3, -0.25) is 4.79 Å². The van der Waals surface area contributed by atoms with Crippen molar-refractivity contribution in [3.8, 4) is 22.8 Å². The number of rotatable bonds is 5. The van der Waals surface area contributed by atoms with Crippen LogP contribution in [0.1, 0.15) is 12.5 Å². The Kier molecular flexibility index (Phi) is 4.81. The zero-order chi connectivity index (χ0) is 15.4. The standard InChI is InChI=1S/C16H16ClNO3/c1-10(19)6-11-4-5-12(17)7-13(11)14-8-16(21-3)18-9-15(14)20-2/h4-5,7-9H,6H2,1-3H3. The summed E-state index contributed by atoms with van der Waals surface area (Å²) in [7, 11) is 3.12. The van der Waals surface area contributed by atoms with Crippen LogP contribution in [0.5, 0.6) is 11.6 Å². The van der Waals surface area contributed by atoms with E-state index in [-0.39, 0.29) is 5.78 Å². The van der Waals surface area contributed by atoms with Gasteiger partial charge in [0.25, 0.3) is 0 Å². The van der Waals surface area contributed by atoms with Crippen LogP contribution in [-0.4, -0.2) is 25.0 Å². The summed E-state index contributed by atoms with van der Waals surface area (Å²) in [4.78, 5) is 15.6. The summed E-state index contributed by atoms with van der Waals surface area (Å²) in [6.07, 6.45) is 1.92. The third-order valence-corrected chi connectivity index (χ3v) is 3.31. The highest BCUT2D eigenvalue weighted by atomic mass is 35.5. The van der Waals surface area contributed by atoms with E-state index >= 15 is 0 Å². The van der Waals surface area contributed by atoms with E-state index in [1.165, 1.54) is 0 Å². The third kappa shape index (κ3) is 3.52. The number of aromatic nitrogens is 1. The first-order valence-electron chi connectivity index (χ1n) is 6.41. The Morgan fingerprint density at radius 1 is 1.19 bits per heavy atom. The average Bonchev–Trinajstić information content (AvgIpc) is 2.48. The molecule has 0 fully saturated rings. The minimum absolute atomic E-state index is 0.0820. The minimum atomic E-state index is 0.0820. The lowest BCUT2D eigenvalue weighted by molar-refractivity contribution is -0.116. The molecule has 0 amide bonds. The highest BCUT2D eigenvalue weighted by molar-refractivity contribution is 6.31. The first kappa shape index (κ1) is 15.3. The molecule has 0 unspecified atom stereocenters. The van der Waals surface area contributed by atoms with Crippen LogP contribution in [0, 0.1) is 0 Å². The first-order valence-corrected chi connectivity index (χ1v) is 6.79. The van der Waals surface area contributed by atoms with Crippen molar-refractivity contribution in [2.24, 2.45) is 0 Å². The molecular weight excluding hydrogens is 290 g/mol. The van der Waals surface area contributed by atoms with Crippen molar-refractivity contribution < 1.29 is 14.3 Å². The Labute approximate surface area is 128 Å². The second-order valence-corrected chi connectivity index (χ2v) is 5.04. The SMILES string of the molecule is COc1cc(-c2cc(Cl)ccc2CC(C)=O)c(OC)cn1. The van der Waals surface area contributed by atoms with Crippen LogP contribution in [0.4, 0.5) is 0 Å². The first-order chi connectivity index (χ1) is 10.0. The van der Waals surface area contributed by atoms with Gasteiger partial charge in [0, 0.05) is 23.1 Å². The molecule has 0 aliphatic carbocycles. The molecule has 5 heteroatoms. The van der Waals surface area contributed by atoms with Crippen molar-refractivity contribution in [3.63, 3.8) is 0 Å². The molecule has 1 aromatic carbocycles. The average molecular weight is 306 g/mol. The van der Waals surface area contributed by atoms with E-state index in [1.807, 2.05) is 12.1 Å². The summed E-state index contributed by atoms with van der Waals surface area (Å²) in [6.45, 7) is 1.56. The zero-order valence-corrected chi connectivity index (χ0v) is 12.9. The van der Waals surface area contributed by atoms with E-state index < -0.39 is 0 Å². The van der Waals surface area contributed by atoms with E-state index in [4.69, 9.17) is 21.1 Å². The number of ether oxygens (including phenoxy) is 2. The van der Waals surface area contributed by atoms with Crippen molar-refractivity contribution in [2.75, 3.05) is 14.2 Å². The molecule has 0 bridgehead atoms. The Morgan fingerprint density at radius 2 is 1.95 bits per heavy atom. The number of ketones is 1. The summed E-state index contributed by atoms with van der Waals surface area (Å²) in [6, 6.07) is 7.21. The molecule has 1 aromatic heterocycles. The molecule has 4 nitrogen and oxygen atoms in total. The smallest absolute Gasteiger partial charge is 0.213 e. The van der Waals surface area contributed by atoms with Crippen LogP contribution in [0.15, 0.2) is 30.5 Å². The molecule has 0 saturated carbocycles. The molecule has 110 valence electrons. The van der Waals surface area contributed by atoms with Gasteiger partial charge in [-0.15, -0.1) is 0 Å². The summed E-state index contributed by atoms with van der Waals surface area (Å²) < 4.78 is 10.5. The number of halogens is 1. The number of benzene rings is 1. The molecule has 1 heterocycles. The molecule has 21 heavy (non-hydrogen) atoms. The van der Waals surface area contributed by atoms with Gasteiger partial charge >= 0.3 is 0 Å². The molecule has 0 atom stereocenters. The summed E-state index contributed by atoms with van der Waals surface area (Å²) in [5, 5.41) is 0.593. The number of Topliss-reactive ketones (excluding diaryl/α,β-unsaturated/α-hetero) is 1. The number of carbonyl (C=O) groups is 1. The van der Waals surface area contributed by atoms with Gasteiger partial charge in [0.2, 0.25) is 5.88 Å². The normalized spacial score (nSPS) is 10.3. The number of nitrogens with zero attached hydrogens (tertiary/aromatic N) is 1. The highest BCUT2D eigenvalue weighted by Crippen LogP contribution is 2.35. The maximum atomic E-state index is 11.5. The van der Waals surface area contributed by atoms with E-state index in [9.17, 15) is 4.79 Å². The number of hydrogen-bond donors (Lipinski definition) is 0. The van der Waals surface area contributed by atoms with E-state index in [1.54, 1.807) is 39.5 Å². The van der Waals surface area contributed by atoms with Gasteiger partial charge in [-0.25, -0.2) is 4.98 Å². The van der Waals surface area contributed by atoms with Gasteiger partial charge in [0.15, 0.2) is 0 Å². The lowest BCUT2D eigenvalue weighted by Crippen LogP contribution is -2.00. The van der Waals surface area contributed by atoms with E-state index in [0.717, 1.165) is 16.7 Å². The molecule has 0 N–H and O–H groups in total. The fourth-order valence-corrected chi connectivity index (χ4v) is 2.30. The Hall–Kier alpha value is -2.07. The number of pyridine rings is 1. The molecule has 0 aliphatic rings. The number of methoxy groups -OCH3 is 2. The zero-order valence-electron chi connectivity index (χ0n) is 12.1. The van der Waals surface area contributed by atoms with Crippen molar-refractivity contribution >= 4 is 17.4 Å². The largest absolute Gasteiger partial charge is 0.494 e. The van der Waals surface area contributed by atoms with Crippen molar-refractivity contribution in [1.29, 1.82) is 0 Å². The number of hydrogen-bond acceptors (Lipinski definition) is 4. The molecule has 0 saturated heterocycles. The van der Waals surface area contributed by atoms with E-state index in [0.29, 0.717) is 23.1 Å². The van der Waals surface area contributed by atoms with Crippen LogP contribution in [0.2, 0.25) is 5.02 Å². The van der Waals surface area contributed by atoms with Gasteiger partial charge in [-0.1, -0.05) is 17.7 Å². The maximum absolute atomic E-state index is 11.5. The van der Waals surface area contributed by atoms with Crippen LogP contribution in [0.3, 0.4) is 0 Å². The molecule has 2 aromatic rings. The Balaban J connectivity index is 2.64. The molecule has 0 aliphatic heterocycles. The van der Waals surface area contributed by atoms with Gasteiger partial charge < -0.3 is 9.47 Å². The van der Waals surface area contributed by atoms with Gasteiger partial charge in [-0.05, 0) is 30.2 Å². The topological polar surface area (TPSA) is 48.4 Å². The van der Waals surface area contributed by atoms with Gasteiger partial charge in [-0.2, -0.15) is 0 Å². The van der Waals surface area contributed by atoms with Crippen LogP contribution in [0.25, 0.3) is 11.1 Å². The second kappa shape index (κ2) is 6.59. The van der Waals surface area contributed by atoms with E-state index in [2.05, 4.69) is 4.98 Å². The fourth-order valence-electron chi connectivity index (χ4n) is 2.13. The highest BCUT2D eigenvalue weighted by Gasteiger charge is 2.14. The van der Waals surface area contributed by atoms with Crippen LogP contribution in [-0.2, 0) is 11.2 Å². The van der Waals surface area contributed by atoms with Crippen molar-refractivity contribution in [1.82, 2.24) is 4.98 Å². The molecule has 2 rings (SSSR count).